The summed E-state index contributed by atoms with van der Waals surface area (Å²) in [4.78, 5) is 20.5. The zero-order valence-electron chi connectivity index (χ0n) is 12.3. The summed E-state index contributed by atoms with van der Waals surface area (Å²) in [6.45, 7) is 2.36. The van der Waals surface area contributed by atoms with Crippen LogP contribution in [0.25, 0.3) is 0 Å². The van der Waals surface area contributed by atoms with Crippen molar-refractivity contribution in [2.75, 3.05) is 19.7 Å². The van der Waals surface area contributed by atoms with Gasteiger partial charge in [0.05, 0.1) is 0 Å². The summed E-state index contributed by atoms with van der Waals surface area (Å²) in [6, 6.07) is 9.36. The van der Waals surface area contributed by atoms with Crippen molar-refractivity contribution in [3.8, 4) is 0 Å². The van der Waals surface area contributed by atoms with Crippen molar-refractivity contribution in [2.45, 2.75) is 25.6 Å². The fourth-order valence-electron chi connectivity index (χ4n) is 1.78. The SMILES string of the molecule is CC(=O)OCC1(F)CCNC1.O=C(Cl)OCc1ccccc1. The van der Waals surface area contributed by atoms with E-state index in [2.05, 4.69) is 14.8 Å². The Hall–Kier alpha value is -1.66. The van der Waals surface area contributed by atoms with Gasteiger partial charge in [0.1, 0.15) is 13.2 Å². The molecule has 22 heavy (non-hydrogen) atoms. The summed E-state index contributed by atoms with van der Waals surface area (Å²) in [6.07, 6.45) is 0.431. The zero-order chi connectivity index (χ0) is 16.4. The number of benzene rings is 1. The molecule has 7 heteroatoms. The first-order valence-electron chi connectivity index (χ1n) is 6.80. The molecule has 2 rings (SSSR count). The van der Waals surface area contributed by atoms with Crippen LogP contribution in [0.2, 0.25) is 0 Å². The molecule has 0 spiro atoms. The molecular formula is C15H19ClFNO4. The fourth-order valence-corrected chi connectivity index (χ4v) is 1.84. The van der Waals surface area contributed by atoms with E-state index >= 15 is 0 Å². The summed E-state index contributed by atoms with van der Waals surface area (Å²) >= 11 is 4.97. The summed E-state index contributed by atoms with van der Waals surface area (Å²) in [7, 11) is 0. The molecule has 1 N–H and O–H groups in total. The van der Waals surface area contributed by atoms with E-state index in [4.69, 9.17) is 11.6 Å². The monoisotopic (exact) mass is 331 g/mol. The van der Waals surface area contributed by atoms with Gasteiger partial charge in [0.25, 0.3) is 0 Å². The molecule has 0 saturated carbocycles. The number of hydrogen-bond acceptors (Lipinski definition) is 5. The molecule has 122 valence electrons. The maximum atomic E-state index is 13.3. The standard InChI is InChI=1S/C8H7ClO2.C7H12FNO2/c9-8(10)11-6-7-4-2-1-3-5-7;1-6(10)11-5-7(8)2-3-9-4-7/h1-5H,6H2;9H,2-5H2,1H3. The molecule has 5 nitrogen and oxygen atoms in total. The Morgan fingerprint density at radius 3 is 2.50 bits per heavy atom. The number of ether oxygens (including phenoxy) is 2. The maximum absolute atomic E-state index is 13.3. The largest absolute Gasteiger partial charge is 0.462 e. The van der Waals surface area contributed by atoms with Gasteiger partial charge in [-0.25, -0.2) is 9.18 Å². The van der Waals surface area contributed by atoms with Crippen molar-refractivity contribution in [1.29, 1.82) is 0 Å². The molecule has 1 fully saturated rings. The molecule has 1 aliphatic heterocycles. The highest BCUT2D eigenvalue weighted by atomic mass is 35.5. The lowest BCUT2D eigenvalue weighted by Gasteiger charge is -2.16. The number of carbonyl (C=O) groups excluding carboxylic acids is 2. The number of rotatable bonds is 4. The van der Waals surface area contributed by atoms with Gasteiger partial charge in [-0.3, -0.25) is 4.79 Å². The summed E-state index contributed by atoms with van der Waals surface area (Å²) in [5.41, 5.74) is -1.17. The topological polar surface area (TPSA) is 64.6 Å². The van der Waals surface area contributed by atoms with E-state index in [1.165, 1.54) is 6.92 Å². The number of hydrogen-bond donors (Lipinski definition) is 1. The van der Waals surface area contributed by atoms with Crippen LogP contribution in [0.4, 0.5) is 9.18 Å². The predicted octanol–water partition coefficient (Wildman–Crippen LogP) is 2.81. The molecule has 1 saturated heterocycles. The molecule has 0 aromatic heterocycles. The Kier molecular flexibility index (Phi) is 7.84. The number of esters is 1. The Balaban J connectivity index is 0.000000220. The Morgan fingerprint density at radius 1 is 1.32 bits per heavy atom. The van der Waals surface area contributed by atoms with E-state index in [-0.39, 0.29) is 13.2 Å². The first-order chi connectivity index (χ1) is 10.4. The number of carbonyl (C=O) groups is 2. The quantitative estimate of drug-likeness (QED) is 0.679. The van der Waals surface area contributed by atoms with Crippen LogP contribution in [-0.2, 0) is 20.9 Å². The molecule has 1 heterocycles. The van der Waals surface area contributed by atoms with Gasteiger partial charge < -0.3 is 14.8 Å². The van der Waals surface area contributed by atoms with Crippen LogP contribution in [0.15, 0.2) is 30.3 Å². The van der Waals surface area contributed by atoms with Gasteiger partial charge in [0.15, 0.2) is 5.67 Å². The fraction of sp³-hybridized carbons (Fsp3) is 0.467. The lowest BCUT2D eigenvalue weighted by atomic mass is 10.1. The highest BCUT2D eigenvalue weighted by Gasteiger charge is 2.34. The average molecular weight is 332 g/mol. The molecule has 1 atom stereocenters. The molecule has 1 aromatic rings. The van der Waals surface area contributed by atoms with Crippen LogP contribution in [0.3, 0.4) is 0 Å². The van der Waals surface area contributed by atoms with Gasteiger partial charge >= 0.3 is 11.4 Å². The smallest absolute Gasteiger partial charge is 0.404 e. The van der Waals surface area contributed by atoms with Crippen LogP contribution >= 0.6 is 11.6 Å². The van der Waals surface area contributed by atoms with Gasteiger partial charge in [-0.2, -0.15) is 0 Å². The minimum Gasteiger partial charge on any atom is -0.462 e. The van der Waals surface area contributed by atoms with E-state index in [9.17, 15) is 14.0 Å². The van der Waals surface area contributed by atoms with Crippen molar-refractivity contribution >= 4 is 23.0 Å². The van der Waals surface area contributed by atoms with Crippen LogP contribution < -0.4 is 5.32 Å². The lowest BCUT2D eigenvalue weighted by molar-refractivity contribution is -0.144. The second-order valence-electron chi connectivity index (χ2n) is 4.87. The molecule has 1 aliphatic rings. The Labute approximate surface area is 133 Å². The van der Waals surface area contributed by atoms with Crippen molar-refractivity contribution in [3.63, 3.8) is 0 Å². The first kappa shape index (κ1) is 18.4. The predicted molar refractivity (Wildman–Crippen MR) is 80.4 cm³/mol. The molecule has 0 amide bonds. The second-order valence-corrected chi connectivity index (χ2v) is 5.18. The van der Waals surface area contributed by atoms with E-state index in [1.807, 2.05) is 30.3 Å². The van der Waals surface area contributed by atoms with Gasteiger partial charge in [0.2, 0.25) is 0 Å². The van der Waals surface area contributed by atoms with E-state index in [0.717, 1.165) is 5.56 Å². The zero-order valence-corrected chi connectivity index (χ0v) is 13.1. The average Bonchev–Trinajstić information content (AvgIpc) is 2.92. The van der Waals surface area contributed by atoms with Crippen molar-refractivity contribution in [3.05, 3.63) is 35.9 Å². The second kappa shape index (κ2) is 9.38. The molecule has 0 bridgehead atoms. The number of halogens is 2. The van der Waals surface area contributed by atoms with Gasteiger partial charge in [-0.1, -0.05) is 30.3 Å². The van der Waals surface area contributed by atoms with E-state index < -0.39 is 17.1 Å². The minimum atomic E-state index is -1.33. The van der Waals surface area contributed by atoms with Gasteiger partial charge in [0, 0.05) is 25.1 Å². The maximum Gasteiger partial charge on any atom is 0.404 e. The summed E-state index contributed by atoms with van der Waals surface area (Å²) in [5.74, 6) is -0.422. The molecule has 1 unspecified atom stereocenters. The first-order valence-corrected chi connectivity index (χ1v) is 7.18. The third-order valence-corrected chi connectivity index (χ3v) is 3.03. The Bertz CT molecular complexity index is 478. The van der Waals surface area contributed by atoms with Crippen LogP contribution in [0.1, 0.15) is 18.9 Å². The molecule has 0 aliphatic carbocycles. The van der Waals surface area contributed by atoms with Crippen LogP contribution in [0.5, 0.6) is 0 Å². The molecule has 0 radical (unpaired) electrons. The van der Waals surface area contributed by atoms with E-state index in [1.54, 1.807) is 0 Å². The van der Waals surface area contributed by atoms with Crippen LogP contribution in [-0.4, -0.2) is 36.8 Å². The summed E-state index contributed by atoms with van der Waals surface area (Å²) < 4.78 is 22.5. The van der Waals surface area contributed by atoms with Crippen LogP contribution in [0, 0.1) is 0 Å². The normalized spacial score (nSPS) is 19.8. The summed E-state index contributed by atoms with van der Waals surface area (Å²) in [5, 5.41) is 2.87. The van der Waals surface area contributed by atoms with Crippen molar-refractivity contribution < 1.29 is 23.5 Å². The highest BCUT2D eigenvalue weighted by Crippen LogP contribution is 2.19. The minimum absolute atomic E-state index is 0.116. The van der Waals surface area contributed by atoms with Crippen molar-refractivity contribution in [2.24, 2.45) is 0 Å². The Morgan fingerprint density at radius 2 is 2.00 bits per heavy atom. The molecule has 1 aromatic carbocycles. The number of nitrogens with one attached hydrogen (secondary N) is 1. The molecular weight excluding hydrogens is 313 g/mol. The third kappa shape index (κ3) is 7.95. The van der Waals surface area contributed by atoms with E-state index in [0.29, 0.717) is 19.5 Å². The highest BCUT2D eigenvalue weighted by molar-refractivity contribution is 6.61. The third-order valence-electron chi connectivity index (χ3n) is 2.92. The van der Waals surface area contributed by atoms with Crippen molar-refractivity contribution in [1.82, 2.24) is 5.32 Å². The lowest BCUT2D eigenvalue weighted by Crippen LogP contribution is -2.32. The number of alkyl halides is 1. The van der Waals surface area contributed by atoms with Gasteiger partial charge in [-0.05, 0) is 18.5 Å². The van der Waals surface area contributed by atoms with Gasteiger partial charge in [-0.15, -0.1) is 0 Å².